The summed E-state index contributed by atoms with van der Waals surface area (Å²) in [6.07, 6.45) is 0. The molecule has 4 rings (SSSR count). The van der Waals surface area contributed by atoms with Crippen LogP contribution in [-0.4, -0.2) is 27.5 Å². The monoisotopic (exact) mass is 341 g/mol. The lowest BCUT2D eigenvalue weighted by molar-refractivity contribution is 0.475. The fourth-order valence-corrected chi connectivity index (χ4v) is 3.09. The number of phenolic OH excluding ortho intramolecular Hbond substituents is 1. The van der Waals surface area contributed by atoms with Crippen LogP contribution in [0.4, 0.5) is 0 Å². The third-order valence-corrected chi connectivity index (χ3v) is 4.24. The molecule has 0 saturated carbocycles. The number of aryl methyl sites for hydroxylation is 1. The third kappa shape index (κ3) is 3.30. The Morgan fingerprint density at radius 3 is 2.32 bits per heavy atom. The average Bonchev–Trinajstić information content (AvgIpc) is 2.62. The van der Waals surface area contributed by atoms with Crippen molar-refractivity contribution in [2.75, 3.05) is 0 Å². The third-order valence-electron chi connectivity index (χ3n) is 4.24. The molecule has 0 saturated heterocycles. The summed E-state index contributed by atoms with van der Waals surface area (Å²) in [7, 11) is 0. The molecule has 122 valence electrons. The van der Waals surface area contributed by atoms with Gasteiger partial charge in [0.05, 0.1) is 5.52 Å². The van der Waals surface area contributed by atoms with Crippen molar-refractivity contribution < 1.29 is 5.11 Å². The van der Waals surface area contributed by atoms with Crippen LogP contribution in [0.2, 0.25) is 0 Å². The first-order valence-electron chi connectivity index (χ1n) is 7.97. The second-order valence-electron chi connectivity index (χ2n) is 5.93. The zero-order valence-corrected chi connectivity index (χ0v) is 13.4. The first kappa shape index (κ1) is 17.2. The van der Waals surface area contributed by atoms with Gasteiger partial charge in [-0.2, -0.15) is 0 Å². The molecule has 0 radical (unpaired) electrons. The molecule has 2 nitrogen and oxygen atoms in total. The van der Waals surface area contributed by atoms with E-state index in [-0.39, 0.29) is 23.1 Å². The van der Waals surface area contributed by atoms with Crippen molar-refractivity contribution in [1.29, 1.82) is 0 Å². The normalized spacial score (nSPS) is 10.4. The van der Waals surface area contributed by atoms with Crippen LogP contribution in [0.5, 0.6) is 5.75 Å². The van der Waals surface area contributed by atoms with E-state index in [1.807, 2.05) is 49.4 Å². The van der Waals surface area contributed by atoms with Crippen LogP contribution in [0, 0.1) is 6.92 Å². The predicted octanol–water partition coefficient (Wildman–Crippen LogP) is 4.40. The van der Waals surface area contributed by atoms with Crippen molar-refractivity contribution in [1.82, 2.24) is 4.98 Å². The molecule has 25 heavy (non-hydrogen) atoms. The molecule has 0 aliphatic carbocycles. The Morgan fingerprint density at radius 2 is 1.52 bits per heavy atom. The number of hydrogen-bond donors (Lipinski definition) is 1. The number of para-hydroxylation sites is 1. The lowest BCUT2D eigenvalue weighted by atomic mass is 9.93. The summed E-state index contributed by atoms with van der Waals surface area (Å²) in [6, 6.07) is 26.0. The summed E-state index contributed by atoms with van der Waals surface area (Å²) >= 11 is 0. The summed E-state index contributed by atoms with van der Waals surface area (Å²) in [4.78, 5) is 4.73. The minimum atomic E-state index is 0. The molecule has 0 aliphatic heterocycles. The smallest absolute Gasteiger partial charge is 0.187 e. The van der Waals surface area contributed by atoms with E-state index in [2.05, 4.69) is 30.3 Å². The SMILES string of the molecule is Cc1ccc2cccc(-c3cc(O)ccc3-c3ccccc3)c2n1.[AlH3]. The molecular weight excluding hydrogens is 321 g/mol. The highest BCUT2D eigenvalue weighted by Crippen LogP contribution is 2.37. The topological polar surface area (TPSA) is 33.1 Å². The van der Waals surface area contributed by atoms with Gasteiger partial charge in [0, 0.05) is 16.6 Å². The van der Waals surface area contributed by atoms with Crippen LogP contribution >= 0.6 is 0 Å². The van der Waals surface area contributed by atoms with E-state index in [1.165, 1.54) is 0 Å². The molecule has 0 bridgehead atoms. The molecule has 4 aromatic rings. The highest BCUT2D eigenvalue weighted by Gasteiger charge is 2.12. The van der Waals surface area contributed by atoms with Gasteiger partial charge >= 0.3 is 0 Å². The second-order valence-corrected chi connectivity index (χ2v) is 5.93. The van der Waals surface area contributed by atoms with Gasteiger partial charge in [-0.1, -0.05) is 60.7 Å². The van der Waals surface area contributed by atoms with E-state index >= 15 is 0 Å². The van der Waals surface area contributed by atoms with Crippen molar-refractivity contribution in [3.63, 3.8) is 0 Å². The second kappa shape index (κ2) is 7.11. The van der Waals surface area contributed by atoms with Gasteiger partial charge in [0.2, 0.25) is 0 Å². The number of nitrogens with zero attached hydrogens (tertiary/aromatic N) is 1. The summed E-state index contributed by atoms with van der Waals surface area (Å²) in [5.41, 5.74) is 6.17. The molecule has 0 amide bonds. The number of rotatable bonds is 2. The Balaban J connectivity index is 0.00000182. The van der Waals surface area contributed by atoms with E-state index in [1.54, 1.807) is 6.07 Å². The zero-order chi connectivity index (χ0) is 16.5. The van der Waals surface area contributed by atoms with Gasteiger partial charge in [0.15, 0.2) is 17.4 Å². The Bertz CT molecular complexity index is 1030. The van der Waals surface area contributed by atoms with E-state index in [0.717, 1.165) is 38.9 Å². The standard InChI is InChI=1S/C22H17NO.Al.3H/c1-15-10-11-17-8-5-9-20(22(17)23-15)21-14-18(24)12-13-19(21)16-6-3-2-4-7-16;;;;/h2-14,24H,1H3;;;;. The summed E-state index contributed by atoms with van der Waals surface area (Å²) in [5.74, 6) is 0.259. The molecule has 1 heterocycles. The minimum absolute atomic E-state index is 0. The number of benzene rings is 3. The van der Waals surface area contributed by atoms with Crippen molar-refractivity contribution in [2.24, 2.45) is 0 Å². The van der Waals surface area contributed by atoms with Gasteiger partial charge < -0.3 is 5.11 Å². The van der Waals surface area contributed by atoms with Crippen LogP contribution < -0.4 is 0 Å². The summed E-state index contributed by atoms with van der Waals surface area (Å²) < 4.78 is 0. The van der Waals surface area contributed by atoms with E-state index in [0.29, 0.717) is 0 Å². The molecule has 3 heteroatoms. The quantitative estimate of drug-likeness (QED) is 0.548. The maximum atomic E-state index is 10.1. The highest BCUT2D eigenvalue weighted by molar-refractivity contribution is 5.98. The van der Waals surface area contributed by atoms with Gasteiger partial charge in [-0.3, -0.25) is 4.98 Å². The van der Waals surface area contributed by atoms with Crippen molar-refractivity contribution in [3.8, 4) is 28.0 Å². The summed E-state index contributed by atoms with van der Waals surface area (Å²) in [5, 5.41) is 11.1. The maximum Gasteiger partial charge on any atom is 0.187 e. The van der Waals surface area contributed by atoms with Crippen LogP contribution in [-0.2, 0) is 0 Å². The van der Waals surface area contributed by atoms with Gasteiger partial charge in [0.1, 0.15) is 5.75 Å². The Labute approximate surface area is 157 Å². The van der Waals surface area contributed by atoms with Crippen LogP contribution in [0.25, 0.3) is 33.2 Å². The van der Waals surface area contributed by atoms with Gasteiger partial charge in [0.25, 0.3) is 0 Å². The Hall–Kier alpha value is -2.60. The number of hydrogen-bond acceptors (Lipinski definition) is 2. The first-order chi connectivity index (χ1) is 11.7. The molecule has 1 N–H and O–H groups in total. The van der Waals surface area contributed by atoms with Crippen molar-refractivity contribution in [2.45, 2.75) is 6.92 Å². The van der Waals surface area contributed by atoms with E-state index < -0.39 is 0 Å². The lowest BCUT2D eigenvalue weighted by Crippen LogP contribution is -1.90. The van der Waals surface area contributed by atoms with Crippen LogP contribution in [0.15, 0.2) is 78.9 Å². The summed E-state index contributed by atoms with van der Waals surface area (Å²) in [6.45, 7) is 2.00. The molecular formula is C22H20AlNO. The Morgan fingerprint density at radius 1 is 0.720 bits per heavy atom. The first-order valence-corrected chi connectivity index (χ1v) is 7.97. The van der Waals surface area contributed by atoms with Gasteiger partial charge in [-0.05, 0) is 41.8 Å². The molecule has 0 spiro atoms. The molecule has 0 unspecified atom stereocenters. The molecule has 0 aliphatic rings. The predicted molar refractivity (Wildman–Crippen MR) is 109 cm³/mol. The number of pyridine rings is 1. The molecule has 0 atom stereocenters. The van der Waals surface area contributed by atoms with E-state index in [4.69, 9.17) is 4.98 Å². The number of aromatic hydroxyl groups is 1. The zero-order valence-electron chi connectivity index (χ0n) is 13.4. The molecule has 3 aromatic carbocycles. The number of fused-ring (bicyclic) bond motifs is 1. The van der Waals surface area contributed by atoms with E-state index in [9.17, 15) is 5.11 Å². The van der Waals surface area contributed by atoms with Gasteiger partial charge in [-0.15, -0.1) is 0 Å². The van der Waals surface area contributed by atoms with Gasteiger partial charge in [-0.25, -0.2) is 0 Å². The van der Waals surface area contributed by atoms with Crippen molar-refractivity contribution >= 4 is 28.3 Å². The Kier molecular flexibility index (Phi) is 4.90. The van der Waals surface area contributed by atoms with Crippen LogP contribution in [0.1, 0.15) is 5.69 Å². The highest BCUT2D eigenvalue weighted by atomic mass is 27.0. The molecule has 0 fully saturated rings. The fourth-order valence-electron chi connectivity index (χ4n) is 3.09. The average molecular weight is 341 g/mol. The fraction of sp³-hybridized carbons (Fsp3) is 0.0455. The lowest BCUT2D eigenvalue weighted by Gasteiger charge is -2.13. The van der Waals surface area contributed by atoms with Crippen LogP contribution in [0.3, 0.4) is 0 Å². The maximum absolute atomic E-state index is 10.1. The number of phenols is 1. The molecule has 1 aromatic heterocycles. The minimum Gasteiger partial charge on any atom is -0.508 e. The number of aromatic nitrogens is 1. The largest absolute Gasteiger partial charge is 0.508 e. The van der Waals surface area contributed by atoms with Crippen molar-refractivity contribution in [3.05, 3.63) is 84.6 Å².